The quantitative estimate of drug-likeness (QED) is 0.567. The normalized spacial score (nSPS) is 10.1. The maximum atomic E-state index is 10.3. The standard InChI is InChI=1S/C12H17NO2S/c1-2-16-11-7-5-10(6-8-11)13-9-3-4-12(14)15/h5-8,13H,2-4,9H2,1H3,(H,14,15). The first-order valence-corrected chi connectivity index (χ1v) is 6.39. The molecule has 0 radical (unpaired) electrons. The van der Waals surface area contributed by atoms with E-state index >= 15 is 0 Å². The smallest absolute Gasteiger partial charge is 0.303 e. The predicted octanol–water partition coefficient (Wildman–Crippen LogP) is 3.08. The van der Waals surface area contributed by atoms with Gasteiger partial charge in [-0.25, -0.2) is 0 Å². The molecule has 0 fully saturated rings. The molecule has 4 heteroatoms. The van der Waals surface area contributed by atoms with Crippen molar-refractivity contribution >= 4 is 23.4 Å². The minimum Gasteiger partial charge on any atom is -0.481 e. The minimum absolute atomic E-state index is 0.219. The van der Waals surface area contributed by atoms with E-state index < -0.39 is 5.97 Å². The van der Waals surface area contributed by atoms with Gasteiger partial charge in [-0.05, 0) is 36.4 Å². The van der Waals surface area contributed by atoms with Crippen LogP contribution in [0, 0.1) is 0 Å². The molecule has 0 unspecified atom stereocenters. The molecule has 0 atom stereocenters. The lowest BCUT2D eigenvalue weighted by Gasteiger charge is -2.06. The Balaban J connectivity index is 2.29. The summed E-state index contributed by atoms with van der Waals surface area (Å²) in [5.74, 6) is 0.335. The van der Waals surface area contributed by atoms with Crippen molar-refractivity contribution in [2.75, 3.05) is 17.6 Å². The molecular formula is C12H17NO2S. The molecule has 0 saturated carbocycles. The van der Waals surface area contributed by atoms with Crippen LogP contribution in [0.4, 0.5) is 5.69 Å². The summed E-state index contributed by atoms with van der Waals surface area (Å²) in [4.78, 5) is 11.6. The average Bonchev–Trinajstić information content (AvgIpc) is 2.27. The van der Waals surface area contributed by atoms with Crippen molar-refractivity contribution in [3.63, 3.8) is 0 Å². The Morgan fingerprint density at radius 3 is 2.62 bits per heavy atom. The number of carboxylic acids is 1. The Morgan fingerprint density at radius 1 is 1.38 bits per heavy atom. The Labute approximate surface area is 100 Å². The summed E-state index contributed by atoms with van der Waals surface area (Å²) in [7, 11) is 0. The fourth-order valence-electron chi connectivity index (χ4n) is 1.31. The average molecular weight is 239 g/mol. The molecule has 2 N–H and O–H groups in total. The highest BCUT2D eigenvalue weighted by molar-refractivity contribution is 7.99. The van der Waals surface area contributed by atoms with Gasteiger partial charge < -0.3 is 10.4 Å². The highest BCUT2D eigenvalue weighted by atomic mass is 32.2. The Morgan fingerprint density at radius 2 is 2.06 bits per heavy atom. The monoisotopic (exact) mass is 239 g/mol. The molecule has 0 aliphatic heterocycles. The third-order valence-corrected chi connectivity index (χ3v) is 2.96. The number of nitrogens with one attached hydrogen (secondary N) is 1. The van der Waals surface area contributed by atoms with E-state index in [2.05, 4.69) is 24.4 Å². The van der Waals surface area contributed by atoms with Crippen LogP contribution in [0.25, 0.3) is 0 Å². The highest BCUT2D eigenvalue weighted by Gasteiger charge is 1.97. The van der Waals surface area contributed by atoms with Crippen LogP contribution in [0.1, 0.15) is 19.8 Å². The van der Waals surface area contributed by atoms with Crippen molar-refractivity contribution in [2.24, 2.45) is 0 Å². The molecule has 0 spiro atoms. The van der Waals surface area contributed by atoms with Crippen LogP contribution >= 0.6 is 11.8 Å². The van der Waals surface area contributed by atoms with E-state index in [0.717, 1.165) is 11.4 Å². The Bertz CT molecular complexity index is 324. The first kappa shape index (κ1) is 12.9. The zero-order valence-corrected chi connectivity index (χ0v) is 10.2. The summed E-state index contributed by atoms with van der Waals surface area (Å²) in [6.45, 7) is 2.83. The maximum absolute atomic E-state index is 10.3. The van der Waals surface area contributed by atoms with Crippen LogP contribution in [0.5, 0.6) is 0 Å². The van der Waals surface area contributed by atoms with Gasteiger partial charge in [-0.3, -0.25) is 4.79 Å². The molecule has 1 aromatic carbocycles. The van der Waals surface area contributed by atoms with E-state index in [-0.39, 0.29) is 6.42 Å². The van der Waals surface area contributed by atoms with Gasteiger partial charge in [0.2, 0.25) is 0 Å². The molecule has 16 heavy (non-hydrogen) atoms. The number of hydrogen-bond acceptors (Lipinski definition) is 3. The lowest BCUT2D eigenvalue weighted by Crippen LogP contribution is -2.04. The highest BCUT2D eigenvalue weighted by Crippen LogP contribution is 2.19. The summed E-state index contributed by atoms with van der Waals surface area (Å²) in [6.07, 6.45) is 0.873. The van der Waals surface area contributed by atoms with Crippen LogP contribution in [-0.2, 0) is 4.79 Å². The minimum atomic E-state index is -0.739. The van der Waals surface area contributed by atoms with Gasteiger partial charge in [0, 0.05) is 23.5 Å². The van der Waals surface area contributed by atoms with Crippen molar-refractivity contribution in [2.45, 2.75) is 24.7 Å². The van der Waals surface area contributed by atoms with Gasteiger partial charge in [0.05, 0.1) is 0 Å². The van der Waals surface area contributed by atoms with E-state index in [4.69, 9.17) is 5.11 Å². The van der Waals surface area contributed by atoms with E-state index in [9.17, 15) is 4.79 Å². The van der Waals surface area contributed by atoms with Gasteiger partial charge in [-0.2, -0.15) is 0 Å². The topological polar surface area (TPSA) is 49.3 Å². The molecule has 88 valence electrons. The first-order chi connectivity index (χ1) is 7.72. The third-order valence-electron chi connectivity index (χ3n) is 2.06. The van der Waals surface area contributed by atoms with Gasteiger partial charge in [0.1, 0.15) is 0 Å². The number of anilines is 1. The molecular weight excluding hydrogens is 222 g/mol. The molecule has 0 aliphatic rings. The van der Waals surface area contributed by atoms with Crippen LogP contribution in [0.3, 0.4) is 0 Å². The molecule has 0 aromatic heterocycles. The van der Waals surface area contributed by atoms with Crippen LogP contribution in [-0.4, -0.2) is 23.4 Å². The summed E-state index contributed by atoms with van der Waals surface area (Å²) in [6, 6.07) is 8.21. The molecule has 1 rings (SSSR count). The van der Waals surface area contributed by atoms with Gasteiger partial charge >= 0.3 is 5.97 Å². The van der Waals surface area contributed by atoms with Crippen molar-refractivity contribution in [1.29, 1.82) is 0 Å². The second kappa shape index (κ2) is 7.17. The summed E-state index contributed by atoms with van der Waals surface area (Å²) in [5, 5.41) is 11.7. The summed E-state index contributed by atoms with van der Waals surface area (Å²) < 4.78 is 0. The molecule has 3 nitrogen and oxygen atoms in total. The fraction of sp³-hybridized carbons (Fsp3) is 0.417. The van der Waals surface area contributed by atoms with Crippen LogP contribution in [0.2, 0.25) is 0 Å². The summed E-state index contributed by atoms with van der Waals surface area (Å²) >= 11 is 1.81. The molecule has 1 aromatic rings. The molecule has 0 bridgehead atoms. The number of hydrogen-bond donors (Lipinski definition) is 2. The second-order valence-electron chi connectivity index (χ2n) is 3.38. The van der Waals surface area contributed by atoms with E-state index in [1.165, 1.54) is 4.90 Å². The van der Waals surface area contributed by atoms with Gasteiger partial charge in [-0.1, -0.05) is 6.92 Å². The molecule has 0 heterocycles. The van der Waals surface area contributed by atoms with Crippen molar-refractivity contribution in [3.05, 3.63) is 24.3 Å². The van der Waals surface area contributed by atoms with E-state index in [0.29, 0.717) is 13.0 Å². The van der Waals surface area contributed by atoms with Gasteiger partial charge in [-0.15, -0.1) is 11.8 Å². The third kappa shape index (κ3) is 5.07. The summed E-state index contributed by atoms with van der Waals surface area (Å²) in [5.41, 5.74) is 1.05. The number of carbonyl (C=O) groups is 1. The van der Waals surface area contributed by atoms with E-state index in [1.54, 1.807) is 0 Å². The Hall–Kier alpha value is -1.16. The zero-order chi connectivity index (χ0) is 11.8. The van der Waals surface area contributed by atoms with E-state index in [1.807, 2.05) is 23.9 Å². The van der Waals surface area contributed by atoms with Gasteiger partial charge in [0.25, 0.3) is 0 Å². The van der Waals surface area contributed by atoms with Crippen molar-refractivity contribution in [1.82, 2.24) is 0 Å². The molecule has 0 aliphatic carbocycles. The van der Waals surface area contributed by atoms with Crippen LogP contribution in [0.15, 0.2) is 29.2 Å². The van der Waals surface area contributed by atoms with Crippen molar-refractivity contribution in [3.8, 4) is 0 Å². The largest absolute Gasteiger partial charge is 0.481 e. The fourth-order valence-corrected chi connectivity index (χ4v) is 1.97. The van der Waals surface area contributed by atoms with Crippen LogP contribution < -0.4 is 5.32 Å². The maximum Gasteiger partial charge on any atom is 0.303 e. The Kier molecular flexibility index (Phi) is 5.78. The lowest BCUT2D eigenvalue weighted by molar-refractivity contribution is -0.137. The first-order valence-electron chi connectivity index (χ1n) is 5.41. The number of carboxylic acid groups (broad SMARTS) is 1. The predicted molar refractivity (Wildman–Crippen MR) is 68.2 cm³/mol. The zero-order valence-electron chi connectivity index (χ0n) is 9.40. The number of aliphatic carboxylic acids is 1. The lowest BCUT2D eigenvalue weighted by atomic mass is 10.3. The number of thioether (sulfide) groups is 1. The second-order valence-corrected chi connectivity index (χ2v) is 4.72. The SMILES string of the molecule is CCSc1ccc(NCCCC(=O)O)cc1. The number of benzene rings is 1. The molecule has 0 amide bonds. The van der Waals surface area contributed by atoms with Crippen molar-refractivity contribution < 1.29 is 9.90 Å². The molecule has 0 saturated heterocycles. The number of rotatable bonds is 7. The van der Waals surface area contributed by atoms with Gasteiger partial charge in [0.15, 0.2) is 0 Å².